The van der Waals surface area contributed by atoms with E-state index in [9.17, 15) is 0 Å². The largest absolute Gasteiger partial charge is 0.362 e. The van der Waals surface area contributed by atoms with Crippen LogP contribution in [0.1, 0.15) is 70.8 Å². The Morgan fingerprint density at radius 2 is 1.62 bits per heavy atom. The molecule has 0 spiro atoms. The Hall–Kier alpha value is -1.09. The molecule has 0 aromatic heterocycles. The third kappa shape index (κ3) is 8.05. The number of hydrogen-bond donors (Lipinski definition) is 2. The van der Waals surface area contributed by atoms with Gasteiger partial charge in [-0.25, -0.2) is 0 Å². The lowest BCUT2D eigenvalue weighted by Crippen LogP contribution is -2.29. The van der Waals surface area contributed by atoms with Crippen LogP contribution in [0.4, 0.5) is 5.69 Å². The molecular weight excluding hydrogens is 276 g/mol. The van der Waals surface area contributed by atoms with Gasteiger partial charge in [-0.1, -0.05) is 65.0 Å². The fourth-order valence-electron chi connectivity index (χ4n) is 2.23. The van der Waals surface area contributed by atoms with Gasteiger partial charge in [0.2, 0.25) is 0 Å². The minimum atomic E-state index is 0.567. The minimum absolute atomic E-state index is 0.567. The van der Waals surface area contributed by atoms with Crippen molar-refractivity contribution in [3.05, 3.63) is 29.8 Å². The second-order valence-electron chi connectivity index (χ2n) is 5.93. The van der Waals surface area contributed by atoms with Gasteiger partial charge in [0.1, 0.15) is 0 Å². The van der Waals surface area contributed by atoms with E-state index in [1.54, 1.807) is 0 Å². The Kier molecular flexibility index (Phi) is 9.07. The summed E-state index contributed by atoms with van der Waals surface area (Å²) in [6, 6.07) is 8.49. The first-order valence-corrected chi connectivity index (χ1v) is 8.69. The van der Waals surface area contributed by atoms with Crippen molar-refractivity contribution >= 4 is 23.0 Å². The molecular formula is C18H30N2S. The molecule has 0 bridgehead atoms. The zero-order valence-corrected chi connectivity index (χ0v) is 14.6. The van der Waals surface area contributed by atoms with Gasteiger partial charge in [0.05, 0.1) is 0 Å². The lowest BCUT2D eigenvalue weighted by atomic mass is 10.0. The Bertz CT molecular complexity index is 398. The lowest BCUT2D eigenvalue weighted by Gasteiger charge is -2.11. The number of anilines is 1. The van der Waals surface area contributed by atoms with Crippen LogP contribution >= 0.6 is 12.2 Å². The van der Waals surface area contributed by atoms with E-state index in [0.717, 1.165) is 17.3 Å². The third-order valence-corrected chi connectivity index (χ3v) is 3.90. The predicted octanol–water partition coefficient (Wildman–Crippen LogP) is 5.46. The summed E-state index contributed by atoms with van der Waals surface area (Å²) < 4.78 is 0. The maximum absolute atomic E-state index is 5.32. The van der Waals surface area contributed by atoms with Gasteiger partial charge in [-0.3, -0.25) is 0 Å². The van der Waals surface area contributed by atoms with Crippen molar-refractivity contribution in [3.63, 3.8) is 0 Å². The molecule has 0 atom stereocenters. The van der Waals surface area contributed by atoms with Gasteiger partial charge >= 0.3 is 0 Å². The zero-order valence-electron chi connectivity index (χ0n) is 13.7. The summed E-state index contributed by atoms with van der Waals surface area (Å²) in [5.74, 6) is 0.567. The second kappa shape index (κ2) is 10.6. The summed E-state index contributed by atoms with van der Waals surface area (Å²) >= 11 is 5.32. The van der Waals surface area contributed by atoms with E-state index in [1.165, 1.54) is 44.1 Å². The van der Waals surface area contributed by atoms with E-state index >= 15 is 0 Å². The molecule has 1 aromatic rings. The first-order valence-electron chi connectivity index (χ1n) is 8.28. The molecule has 0 aliphatic carbocycles. The van der Waals surface area contributed by atoms with Crippen molar-refractivity contribution in [2.75, 3.05) is 11.9 Å². The highest BCUT2D eigenvalue weighted by Gasteiger charge is 2.00. The fourth-order valence-corrected chi connectivity index (χ4v) is 2.45. The van der Waals surface area contributed by atoms with Crippen LogP contribution in [0, 0.1) is 0 Å². The van der Waals surface area contributed by atoms with Gasteiger partial charge in [-0.15, -0.1) is 0 Å². The molecule has 3 heteroatoms. The first kappa shape index (κ1) is 18.0. The Morgan fingerprint density at radius 1 is 1.00 bits per heavy atom. The number of nitrogens with one attached hydrogen (secondary N) is 2. The van der Waals surface area contributed by atoms with Crippen LogP contribution in [-0.4, -0.2) is 11.7 Å². The zero-order chi connectivity index (χ0) is 15.5. The van der Waals surface area contributed by atoms with Crippen molar-refractivity contribution in [1.82, 2.24) is 5.32 Å². The number of hydrogen-bond acceptors (Lipinski definition) is 1. The van der Waals surface area contributed by atoms with Crippen LogP contribution in [-0.2, 0) is 0 Å². The van der Waals surface area contributed by atoms with Crippen molar-refractivity contribution in [2.45, 2.75) is 65.2 Å². The smallest absolute Gasteiger partial charge is 0.170 e. The number of unbranched alkanes of at least 4 members (excludes halogenated alkanes) is 5. The standard InChI is InChI=1S/C18H30N2S/c1-4-5-6-7-8-9-14-19-18(21)20-17-12-10-16(11-13-17)15(2)3/h10-13,15H,4-9,14H2,1-3H3,(H2,19,20,21). The summed E-state index contributed by atoms with van der Waals surface area (Å²) in [7, 11) is 0. The van der Waals surface area contributed by atoms with Gasteiger partial charge in [0.15, 0.2) is 5.11 Å². The molecule has 0 radical (unpaired) electrons. The van der Waals surface area contributed by atoms with Crippen LogP contribution in [0.5, 0.6) is 0 Å². The summed E-state index contributed by atoms with van der Waals surface area (Å²) in [4.78, 5) is 0. The van der Waals surface area contributed by atoms with Crippen molar-refractivity contribution in [2.24, 2.45) is 0 Å². The van der Waals surface area contributed by atoms with Gasteiger partial charge in [-0.05, 0) is 42.3 Å². The van der Waals surface area contributed by atoms with Crippen LogP contribution in [0.25, 0.3) is 0 Å². The number of thiocarbonyl (C=S) groups is 1. The molecule has 0 aliphatic heterocycles. The summed E-state index contributed by atoms with van der Waals surface area (Å²) in [5, 5.41) is 7.24. The molecule has 0 saturated heterocycles. The van der Waals surface area contributed by atoms with Gasteiger partial charge in [0.25, 0.3) is 0 Å². The summed E-state index contributed by atoms with van der Waals surface area (Å²) in [6.45, 7) is 7.62. The predicted molar refractivity (Wildman–Crippen MR) is 98.1 cm³/mol. The van der Waals surface area contributed by atoms with E-state index in [0.29, 0.717) is 5.92 Å². The lowest BCUT2D eigenvalue weighted by molar-refractivity contribution is 0.603. The van der Waals surface area contributed by atoms with Crippen molar-refractivity contribution in [1.29, 1.82) is 0 Å². The molecule has 1 aromatic carbocycles. The molecule has 0 unspecified atom stereocenters. The summed E-state index contributed by atoms with van der Waals surface area (Å²) in [6.07, 6.45) is 7.85. The van der Waals surface area contributed by atoms with Crippen LogP contribution in [0.3, 0.4) is 0 Å². The van der Waals surface area contributed by atoms with Crippen LogP contribution < -0.4 is 10.6 Å². The molecule has 0 saturated carbocycles. The molecule has 0 amide bonds. The van der Waals surface area contributed by atoms with E-state index in [4.69, 9.17) is 12.2 Å². The van der Waals surface area contributed by atoms with E-state index < -0.39 is 0 Å². The average molecular weight is 307 g/mol. The monoisotopic (exact) mass is 306 g/mol. The molecule has 118 valence electrons. The minimum Gasteiger partial charge on any atom is -0.362 e. The van der Waals surface area contributed by atoms with Crippen molar-refractivity contribution < 1.29 is 0 Å². The molecule has 0 aliphatic rings. The SMILES string of the molecule is CCCCCCCCNC(=S)Nc1ccc(C(C)C)cc1. The molecule has 1 rings (SSSR count). The van der Waals surface area contributed by atoms with Gasteiger partial charge < -0.3 is 10.6 Å². The maximum atomic E-state index is 5.32. The quantitative estimate of drug-likeness (QED) is 0.468. The Balaban J connectivity index is 2.15. The second-order valence-corrected chi connectivity index (χ2v) is 6.33. The van der Waals surface area contributed by atoms with E-state index in [2.05, 4.69) is 55.7 Å². The molecule has 21 heavy (non-hydrogen) atoms. The molecule has 0 heterocycles. The molecule has 0 fully saturated rings. The van der Waals surface area contributed by atoms with Crippen LogP contribution in [0.2, 0.25) is 0 Å². The van der Waals surface area contributed by atoms with E-state index in [1.807, 2.05) is 0 Å². The third-order valence-electron chi connectivity index (χ3n) is 3.65. The van der Waals surface area contributed by atoms with Gasteiger partial charge in [0, 0.05) is 12.2 Å². The number of rotatable bonds is 9. The van der Waals surface area contributed by atoms with Crippen molar-refractivity contribution in [3.8, 4) is 0 Å². The highest BCUT2D eigenvalue weighted by atomic mass is 32.1. The summed E-state index contributed by atoms with van der Waals surface area (Å²) in [5.41, 5.74) is 2.41. The maximum Gasteiger partial charge on any atom is 0.170 e. The first-order chi connectivity index (χ1) is 10.1. The molecule has 2 N–H and O–H groups in total. The normalized spacial score (nSPS) is 10.7. The average Bonchev–Trinajstić information content (AvgIpc) is 2.47. The highest BCUT2D eigenvalue weighted by molar-refractivity contribution is 7.80. The topological polar surface area (TPSA) is 24.1 Å². The van der Waals surface area contributed by atoms with Crippen LogP contribution in [0.15, 0.2) is 24.3 Å². The Morgan fingerprint density at radius 3 is 2.24 bits per heavy atom. The molecule has 2 nitrogen and oxygen atoms in total. The fraction of sp³-hybridized carbons (Fsp3) is 0.611. The van der Waals surface area contributed by atoms with Gasteiger partial charge in [-0.2, -0.15) is 0 Å². The highest BCUT2D eigenvalue weighted by Crippen LogP contribution is 2.17. The number of benzene rings is 1. The Labute approximate surface area is 135 Å². The van der Waals surface area contributed by atoms with E-state index in [-0.39, 0.29) is 0 Å².